The summed E-state index contributed by atoms with van der Waals surface area (Å²) in [7, 11) is -3.42. The zero-order chi connectivity index (χ0) is 15.2. The highest BCUT2D eigenvalue weighted by molar-refractivity contribution is 7.92. The Morgan fingerprint density at radius 1 is 1.35 bits per heavy atom. The number of amides is 1. The molecule has 0 aliphatic carbocycles. The predicted octanol–water partition coefficient (Wildman–Crippen LogP) is 2.10. The van der Waals surface area contributed by atoms with E-state index in [1.165, 1.54) is 6.92 Å². The molecule has 0 radical (unpaired) electrons. The largest absolute Gasteiger partial charge is 0.325 e. The molecule has 1 amide bonds. The average Bonchev–Trinajstić information content (AvgIpc) is 2.45. The quantitative estimate of drug-likeness (QED) is 0.870. The molecule has 1 unspecified atom stereocenters. The van der Waals surface area contributed by atoms with Gasteiger partial charge in [-0.25, -0.2) is 8.42 Å². The summed E-state index contributed by atoms with van der Waals surface area (Å²) in [6.07, 6.45) is 1.32. The Hall–Kier alpha value is -1.87. The molecule has 0 saturated heterocycles. The van der Waals surface area contributed by atoms with Crippen molar-refractivity contribution >= 4 is 21.4 Å². The highest BCUT2D eigenvalue weighted by atomic mass is 32.2. The number of hydrogen-bond acceptors (Lipinski definition) is 4. The minimum Gasteiger partial charge on any atom is -0.325 e. The fourth-order valence-electron chi connectivity index (χ4n) is 1.56. The van der Waals surface area contributed by atoms with Crippen molar-refractivity contribution in [3.05, 3.63) is 29.8 Å². The van der Waals surface area contributed by atoms with Crippen molar-refractivity contribution in [2.75, 3.05) is 11.1 Å². The van der Waals surface area contributed by atoms with Crippen molar-refractivity contribution in [3.63, 3.8) is 0 Å². The standard InChI is InChI=1S/C14H18N2O3S/c1-3-4-9-20(18,19)11(2)14(17)16-13-7-5-12(10-15)6-8-13/h5-8,11H,3-4,9H2,1-2H3,(H,16,17). The molecule has 0 spiro atoms. The fourth-order valence-corrected chi connectivity index (χ4v) is 2.99. The second-order valence-electron chi connectivity index (χ2n) is 4.54. The van der Waals surface area contributed by atoms with E-state index in [9.17, 15) is 13.2 Å². The molecule has 108 valence electrons. The number of carbonyl (C=O) groups excluding carboxylic acids is 1. The first kappa shape index (κ1) is 16.2. The van der Waals surface area contributed by atoms with Gasteiger partial charge in [0, 0.05) is 5.69 Å². The van der Waals surface area contributed by atoms with Gasteiger partial charge in [-0.1, -0.05) is 13.3 Å². The van der Waals surface area contributed by atoms with Crippen LogP contribution in [0.15, 0.2) is 24.3 Å². The number of sulfone groups is 1. The lowest BCUT2D eigenvalue weighted by Crippen LogP contribution is -2.34. The molecule has 0 aliphatic rings. The number of anilines is 1. The highest BCUT2D eigenvalue weighted by Crippen LogP contribution is 2.12. The molecule has 5 nitrogen and oxygen atoms in total. The van der Waals surface area contributed by atoms with E-state index in [4.69, 9.17) is 5.26 Å². The van der Waals surface area contributed by atoms with Crippen LogP contribution in [-0.2, 0) is 14.6 Å². The van der Waals surface area contributed by atoms with E-state index in [2.05, 4.69) is 5.32 Å². The second-order valence-corrected chi connectivity index (χ2v) is 6.98. The van der Waals surface area contributed by atoms with E-state index >= 15 is 0 Å². The first-order chi connectivity index (χ1) is 9.40. The molecule has 6 heteroatoms. The summed E-state index contributed by atoms with van der Waals surface area (Å²) in [6, 6.07) is 8.23. The van der Waals surface area contributed by atoms with Gasteiger partial charge in [0.15, 0.2) is 9.84 Å². The van der Waals surface area contributed by atoms with E-state index in [1.807, 2.05) is 13.0 Å². The lowest BCUT2D eigenvalue weighted by molar-refractivity contribution is -0.115. The van der Waals surface area contributed by atoms with Gasteiger partial charge in [-0.05, 0) is 37.6 Å². The third kappa shape index (κ3) is 4.35. The molecule has 0 heterocycles. The van der Waals surface area contributed by atoms with Crippen LogP contribution in [0, 0.1) is 11.3 Å². The molecule has 1 rings (SSSR count). The molecular formula is C14H18N2O3S. The molecule has 0 aliphatic heterocycles. The molecule has 1 aromatic rings. The van der Waals surface area contributed by atoms with Gasteiger partial charge >= 0.3 is 0 Å². The summed E-state index contributed by atoms with van der Waals surface area (Å²) in [5, 5.41) is 10.1. The van der Waals surface area contributed by atoms with Crippen molar-refractivity contribution in [2.45, 2.75) is 31.9 Å². The van der Waals surface area contributed by atoms with Crippen LogP contribution >= 0.6 is 0 Å². The van der Waals surface area contributed by atoms with Crippen molar-refractivity contribution in [1.82, 2.24) is 0 Å². The topological polar surface area (TPSA) is 87.0 Å². The lowest BCUT2D eigenvalue weighted by Gasteiger charge is -2.13. The molecule has 20 heavy (non-hydrogen) atoms. The van der Waals surface area contributed by atoms with Gasteiger partial charge in [0.1, 0.15) is 5.25 Å². The fraction of sp³-hybridized carbons (Fsp3) is 0.429. The molecule has 1 aromatic carbocycles. The first-order valence-electron chi connectivity index (χ1n) is 6.43. The van der Waals surface area contributed by atoms with Crippen LogP contribution in [0.4, 0.5) is 5.69 Å². The first-order valence-corrected chi connectivity index (χ1v) is 8.15. The Kier molecular flexibility index (Phi) is 5.71. The minimum atomic E-state index is -3.42. The van der Waals surface area contributed by atoms with Gasteiger partial charge in [-0.2, -0.15) is 5.26 Å². The van der Waals surface area contributed by atoms with Crippen LogP contribution in [0.25, 0.3) is 0 Å². The van der Waals surface area contributed by atoms with Crippen LogP contribution in [-0.4, -0.2) is 25.3 Å². The Bertz CT molecular complexity index is 600. The maximum absolute atomic E-state index is 11.9. The predicted molar refractivity (Wildman–Crippen MR) is 77.9 cm³/mol. The Labute approximate surface area is 119 Å². The summed E-state index contributed by atoms with van der Waals surface area (Å²) in [6.45, 7) is 3.29. The van der Waals surface area contributed by atoms with E-state index in [0.717, 1.165) is 6.42 Å². The van der Waals surface area contributed by atoms with Crippen LogP contribution < -0.4 is 5.32 Å². The Balaban J connectivity index is 2.72. The second kappa shape index (κ2) is 7.06. The van der Waals surface area contributed by atoms with Crippen LogP contribution in [0.2, 0.25) is 0 Å². The highest BCUT2D eigenvalue weighted by Gasteiger charge is 2.27. The van der Waals surface area contributed by atoms with Crippen molar-refractivity contribution < 1.29 is 13.2 Å². The van der Waals surface area contributed by atoms with Crippen LogP contribution in [0.5, 0.6) is 0 Å². The number of nitriles is 1. The molecule has 0 fully saturated rings. The number of nitrogens with one attached hydrogen (secondary N) is 1. The van der Waals surface area contributed by atoms with E-state index < -0.39 is 21.0 Å². The maximum atomic E-state index is 11.9. The Morgan fingerprint density at radius 2 is 1.95 bits per heavy atom. The van der Waals surface area contributed by atoms with Crippen LogP contribution in [0.1, 0.15) is 32.3 Å². The van der Waals surface area contributed by atoms with Crippen LogP contribution in [0.3, 0.4) is 0 Å². The van der Waals surface area contributed by atoms with Gasteiger partial charge in [0.25, 0.3) is 0 Å². The minimum absolute atomic E-state index is 0.0193. The molecule has 0 aromatic heterocycles. The number of nitrogens with zero attached hydrogens (tertiary/aromatic N) is 1. The molecule has 1 N–H and O–H groups in total. The SMILES string of the molecule is CCCCS(=O)(=O)C(C)C(=O)Nc1ccc(C#N)cc1. The number of unbranched alkanes of at least 4 members (excludes halogenated alkanes) is 1. The summed E-state index contributed by atoms with van der Waals surface area (Å²) in [5.74, 6) is -0.531. The maximum Gasteiger partial charge on any atom is 0.242 e. The van der Waals surface area contributed by atoms with E-state index in [0.29, 0.717) is 17.7 Å². The van der Waals surface area contributed by atoms with Crippen molar-refractivity contribution in [1.29, 1.82) is 5.26 Å². The molecule has 0 bridgehead atoms. The Morgan fingerprint density at radius 3 is 2.45 bits per heavy atom. The normalized spacial score (nSPS) is 12.4. The smallest absolute Gasteiger partial charge is 0.242 e. The zero-order valence-electron chi connectivity index (χ0n) is 11.6. The van der Waals surface area contributed by atoms with Gasteiger partial charge in [0.05, 0.1) is 17.4 Å². The summed E-state index contributed by atoms with van der Waals surface area (Å²) in [5.41, 5.74) is 0.957. The van der Waals surface area contributed by atoms with E-state index in [-0.39, 0.29) is 5.75 Å². The summed E-state index contributed by atoms with van der Waals surface area (Å²) < 4.78 is 23.8. The summed E-state index contributed by atoms with van der Waals surface area (Å²) >= 11 is 0. The lowest BCUT2D eigenvalue weighted by atomic mass is 10.2. The third-order valence-electron chi connectivity index (χ3n) is 2.97. The monoisotopic (exact) mass is 294 g/mol. The van der Waals surface area contributed by atoms with E-state index in [1.54, 1.807) is 24.3 Å². The van der Waals surface area contributed by atoms with Crippen molar-refractivity contribution in [3.8, 4) is 6.07 Å². The third-order valence-corrected chi connectivity index (χ3v) is 5.12. The molecule has 0 saturated carbocycles. The zero-order valence-corrected chi connectivity index (χ0v) is 12.4. The molecular weight excluding hydrogens is 276 g/mol. The number of hydrogen-bond donors (Lipinski definition) is 1. The number of benzene rings is 1. The van der Waals surface area contributed by atoms with Gasteiger partial charge in [-0.15, -0.1) is 0 Å². The summed E-state index contributed by atoms with van der Waals surface area (Å²) in [4.78, 5) is 11.9. The average molecular weight is 294 g/mol. The molecule has 1 atom stereocenters. The van der Waals surface area contributed by atoms with Crippen molar-refractivity contribution in [2.24, 2.45) is 0 Å². The van der Waals surface area contributed by atoms with Gasteiger partial charge in [-0.3, -0.25) is 4.79 Å². The number of carbonyl (C=O) groups is 1. The van der Waals surface area contributed by atoms with Gasteiger partial charge in [0.2, 0.25) is 5.91 Å². The van der Waals surface area contributed by atoms with Gasteiger partial charge < -0.3 is 5.32 Å². The number of rotatable bonds is 6.